The van der Waals surface area contributed by atoms with Gasteiger partial charge in [-0.3, -0.25) is 0 Å². The number of halogens is 1. The van der Waals surface area contributed by atoms with Crippen LogP contribution in [0.1, 0.15) is 11.1 Å². The first kappa shape index (κ1) is 12.2. The van der Waals surface area contributed by atoms with E-state index in [0.29, 0.717) is 10.5 Å². The molecule has 0 atom stereocenters. The van der Waals surface area contributed by atoms with E-state index in [9.17, 15) is 4.39 Å². The Bertz CT molecular complexity index is 668. The van der Waals surface area contributed by atoms with Crippen LogP contribution in [-0.4, -0.2) is 0 Å². The van der Waals surface area contributed by atoms with Crippen LogP contribution >= 0.6 is 11.8 Å². The molecule has 0 aliphatic rings. The molecule has 0 heterocycles. The van der Waals surface area contributed by atoms with Gasteiger partial charge in [0.05, 0.1) is 11.6 Å². The Balaban J connectivity index is 2.38. The minimum atomic E-state index is -0.529. The third-order valence-electron chi connectivity index (χ3n) is 2.28. The number of hydrogen-bond donors (Lipinski definition) is 0. The van der Waals surface area contributed by atoms with Gasteiger partial charge in [-0.25, -0.2) is 4.39 Å². The molecule has 0 saturated carbocycles. The van der Waals surface area contributed by atoms with E-state index >= 15 is 0 Å². The molecule has 0 spiro atoms. The lowest BCUT2D eigenvalue weighted by Crippen LogP contribution is -1.87. The summed E-state index contributed by atoms with van der Waals surface area (Å²) in [5.41, 5.74) is 0.569. The molecule has 2 rings (SSSR count). The fourth-order valence-corrected chi connectivity index (χ4v) is 2.43. The molecule has 0 saturated heterocycles. The summed E-state index contributed by atoms with van der Waals surface area (Å²) in [6, 6.07) is 15.4. The number of benzene rings is 2. The molecule has 0 amide bonds. The molecule has 0 fully saturated rings. The normalized spacial score (nSPS) is 9.50. The first-order chi connectivity index (χ1) is 8.74. The van der Waals surface area contributed by atoms with Gasteiger partial charge in [0.15, 0.2) is 0 Å². The van der Waals surface area contributed by atoms with Crippen molar-refractivity contribution in [3.8, 4) is 12.1 Å². The van der Waals surface area contributed by atoms with E-state index in [1.54, 1.807) is 30.3 Å². The van der Waals surface area contributed by atoms with Crippen LogP contribution in [0.2, 0.25) is 0 Å². The smallest absolute Gasteiger partial charge is 0.142 e. The number of nitriles is 2. The summed E-state index contributed by atoms with van der Waals surface area (Å²) >= 11 is 1.27. The molecule has 2 aromatic carbocycles. The van der Waals surface area contributed by atoms with Gasteiger partial charge >= 0.3 is 0 Å². The highest BCUT2D eigenvalue weighted by molar-refractivity contribution is 7.99. The Morgan fingerprint density at radius 3 is 2.50 bits per heavy atom. The Morgan fingerprint density at radius 1 is 1.00 bits per heavy atom. The highest BCUT2D eigenvalue weighted by Crippen LogP contribution is 2.31. The van der Waals surface area contributed by atoms with E-state index in [0.717, 1.165) is 4.90 Å². The zero-order chi connectivity index (χ0) is 13.0. The zero-order valence-corrected chi connectivity index (χ0v) is 10.0. The van der Waals surface area contributed by atoms with Crippen molar-refractivity contribution in [2.75, 3.05) is 0 Å². The third kappa shape index (κ3) is 2.51. The van der Waals surface area contributed by atoms with Crippen molar-refractivity contribution in [3.05, 3.63) is 59.4 Å². The highest BCUT2D eigenvalue weighted by atomic mass is 32.2. The summed E-state index contributed by atoms with van der Waals surface area (Å²) in [5, 5.41) is 17.7. The van der Waals surface area contributed by atoms with Crippen LogP contribution in [0.25, 0.3) is 0 Å². The molecule has 0 aliphatic carbocycles. The van der Waals surface area contributed by atoms with Gasteiger partial charge in [0.25, 0.3) is 0 Å². The molecule has 0 N–H and O–H groups in total. The van der Waals surface area contributed by atoms with Crippen molar-refractivity contribution >= 4 is 11.8 Å². The highest BCUT2D eigenvalue weighted by Gasteiger charge is 2.09. The SMILES string of the molecule is N#Cc1cccc(Sc2cccc(F)c2C#N)c1. The molecular weight excluding hydrogens is 247 g/mol. The lowest BCUT2D eigenvalue weighted by Gasteiger charge is -2.04. The molecule has 0 aliphatic heterocycles. The third-order valence-corrected chi connectivity index (χ3v) is 3.33. The maximum Gasteiger partial charge on any atom is 0.142 e. The molecule has 0 bridgehead atoms. The van der Waals surface area contributed by atoms with E-state index < -0.39 is 5.82 Å². The van der Waals surface area contributed by atoms with Gasteiger partial charge in [0, 0.05) is 9.79 Å². The summed E-state index contributed by atoms with van der Waals surface area (Å²) in [6.45, 7) is 0. The largest absolute Gasteiger partial charge is 0.206 e. The van der Waals surface area contributed by atoms with E-state index in [1.807, 2.05) is 18.2 Å². The van der Waals surface area contributed by atoms with Crippen LogP contribution in [0.3, 0.4) is 0 Å². The van der Waals surface area contributed by atoms with Crippen LogP contribution < -0.4 is 0 Å². The van der Waals surface area contributed by atoms with Gasteiger partial charge in [0.1, 0.15) is 17.4 Å². The molecule has 0 unspecified atom stereocenters. The standard InChI is InChI=1S/C14H7FN2S/c15-13-5-2-6-14(12(13)9-17)18-11-4-1-3-10(7-11)8-16/h1-7H. The molecule has 0 radical (unpaired) electrons. The van der Waals surface area contributed by atoms with Gasteiger partial charge in [-0.15, -0.1) is 0 Å². The summed E-state index contributed by atoms with van der Waals surface area (Å²) in [6.07, 6.45) is 0. The summed E-state index contributed by atoms with van der Waals surface area (Å²) < 4.78 is 13.4. The summed E-state index contributed by atoms with van der Waals surface area (Å²) in [4.78, 5) is 1.35. The molecule has 2 aromatic rings. The fraction of sp³-hybridized carbons (Fsp3) is 0. The minimum Gasteiger partial charge on any atom is -0.206 e. The van der Waals surface area contributed by atoms with Crippen molar-refractivity contribution in [2.45, 2.75) is 9.79 Å². The zero-order valence-electron chi connectivity index (χ0n) is 9.22. The van der Waals surface area contributed by atoms with Gasteiger partial charge < -0.3 is 0 Å². The number of nitrogens with zero attached hydrogens (tertiary/aromatic N) is 2. The quantitative estimate of drug-likeness (QED) is 0.820. The number of rotatable bonds is 2. The maximum absolute atomic E-state index is 13.4. The van der Waals surface area contributed by atoms with Gasteiger partial charge in [0.2, 0.25) is 0 Å². The van der Waals surface area contributed by atoms with Crippen molar-refractivity contribution < 1.29 is 4.39 Å². The first-order valence-electron chi connectivity index (χ1n) is 5.11. The molecule has 2 nitrogen and oxygen atoms in total. The van der Waals surface area contributed by atoms with E-state index in [4.69, 9.17) is 10.5 Å². The molecule has 86 valence electrons. The second-order valence-electron chi connectivity index (χ2n) is 3.47. The topological polar surface area (TPSA) is 47.6 Å². The summed E-state index contributed by atoms with van der Waals surface area (Å²) in [7, 11) is 0. The van der Waals surface area contributed by atoms with Crippen LogP contribution in [-0.2, 0) is 0 Å². The number of hydrogen-bond acceptors (Lipinski definition) is 3. The van der Waals surface area contributed by atoms with Gasteiger partial charge in [-0.1, -0.05) is 23.9 Å². The van der Waals surface area contributed by atoms with Gasteiger partial charge in [-0.05, 0) is 30.3 Å². The lowest BCUT2D eigenvalue weighted by atomic mass is 10.2. The Labute approximate surface area is 108 Å². The molecule has 0 aromatic heterocycles. The average molecular weight is 254 g/mol. The monoisotopic (exact) mass is 254 g/mol. The first-order valence-corrected chi connectivity index (χ1v) is 5.93. The Hall–Kier alpha value is -2.30. The predicted octanol–water partition coefficient (Wildman–Crippen LogP) is 3.72. The van der Waals surface area contributed by atoms with Crippen molar-refractivity contribution in [3.63, 3.8) is 0 Å². The van der Waals surface area contributed by atoms with Crippen molar-refractivity contribution in [1.82, 2.24) is 0 Å². The van der Waals surface area contributed by atoms with E-state index in [1.165, 1.54) is 17.8 Å². The van der Waals surface area contributed by atoms with Crippen LogP contribution in [0, 0.1) is 28.5 Å². The summed E-state index contributed by atoms with van der Waals surface area (Å²) in [5.74, 6) is -0.529. The van der Waals surface area contributed by atoms with Crippen molar-refractivity contribution in [2.24, 2.45) is 0 Å². The molecule has 4 heteroatoms. The fourth-order valence-electron chi connectivity index (χ4n) is 1.45. The maximum atomic E-state index is 13.4. The van der Waals surface area contributed by atoms with Crippen molar-refractivity contribution in [1.29, 1.82) is 10.5 Å². The Morgan fingerprint density at radius 2 is 1.78 bits per heavy atom. The predicted molar refractivity (Wildman–Crippen MR) is 66.4 cm³/mol. The average Bonchev–Trinajstić information content (AvgIpc) is 2.39. The second kappa shape index (κ2) is 5.35. The molecule has 18 heavy (non-hydrogen) atoms. The van der Waals surface area contributed by atoms with Crippen LogP contribution in [0.5, 0.6) is 0 Å². The van der Waals surface area contributed by atoms with E-state index in [2.05, 4.69) is 0 Å². The minimum absolute atomic E-state index is 0.0323. The molecular formula is C14H7FN2S. The van der Waals surface area contributed by atoms with E-state index in [-0.39, 0.29) is 5.56 Å². The van der Waals surface area contributed by atoms with Gasteiger partial charge in [-0.2, -0.15) is 10.5 Å². The second-order valence-corrected chi connectivity index (χ2v) is 4.58. The lowest BCUT2D eigenvalue weighted by molar-refractivity contribution is 0.620. The van der Waals surface area contributed by atoms with Crippen LogP contribution in [0.4, 0.5) is 4.39 Å². The Kier molecular flexibility index (Phi) is 3.62. The van der Waals surface area contributed by atoms with Crippen LogP contribution in [0.15, 0.2) is 52.3 Å².